The smallest absolute Gasteiger partial charge is 0.239 e. The fourth-order valence-corrected chi connectivity index (χ4v) is 4.57. The van der Waals surface area contributed by atoms with E-state index in [4.69, 9.17) is 0 Å². The highest BCUT2D eigenvalue weighted by Gasteiger charge is 2.32. The normalized spacial score (nSPS) is 24.2. The molecule has 1 aromatic carbocycles. The van der Waals surface area contributed by atoms with Gasteiger partial charge in [-0.05, 0) is 74.3 Å². The number of hydrogen-bond donors (Lipinski definition) is 1. The first-order valence-corrected chi connectivity index (χ1v) is 9.46. The number of carbonyl (C=O) groups is 1. The number of hydrogen-bond acceptors (Lipinski definition) is 2. The van der Waals surface area contributed by atoms with Gasteiger partial charge in [-0.2, -0.15) is 0 Å². The van der Waals surface area contributed by atoms with Crippen LogP contribution < -0.4 is 5.32 Å². The van der Waals surface area contributed by atoms with E-state index in [1.165, 1.54) is 57.3 Å². The highest BCUT2D eigenvalue weighted by molar-refractivity contribution is 5.83. The number of carbonyl (C=O) groups excluding carboxylic acids is 1. The number of piperidine rings is 2. The minimum Gasteiger partial charge on any atom is -0.354 e. The second kappa shape index (κ2) is 7.16. The summed E-state index contributed by atoms with van der Waals surface area (Å²) in [7, 11) is 0. The molecule has 2 fully saturated rings. The van der Waals surface area contributed by atoms with Crippen molar-refractivity contribution >= 4 is 16.8 Å². The molecule has 2 aromatic rings. The molecule has 2 aliphatic rings. The average molecular weight is 343 g/mol. The molecule has 0 radical (unpaired) electrons. The van der Waals surface area contributed by atoms with E-state index in [0.717, 1.165) is 17.4 Å². The molecule has 5 heteroatoms. The predicted octanol–water partition coefficient (Wildman–Crippen LogP) is 3.16. The van der Waals surface area contributed by atoms with Crippen LogP contribution in [0.4, 0.5) is 4.39 Å². The van der Waals surface area contributed by atoms with Gasteiger partial charge in [0.25, 0.3) is 0 Å². The van der Waals surface area contributed by atoms with Gasteiger partial charge < -0.3 is 14.8 Å². The van der Waals surface area contributed by atoms with E-state index in [9.17, 15) is 9.18 Å². The van der Waals surface area contributed by atoms with Gasteiger partial charge in [-0.15, -0.1) is 0 Å². The number of amides is 1. The summed E-state index contributed by atoms with van der Waals surface area (Å²) in [4.78, 5) is 15.0. The second-order valence-electron chi connectivity index (χ2n) is 7.45. The molecule has 2 atom stereocenters. The molecule has 0 spiro atoms. The molecular formula is C20H26FN3O. The SMILES string of the molecule is O=C(Cn1ccc2ccc(F)cc21)NC[C@@H]1CCCN2CCCC[C@H]12. The van der Waals surface area contributed by atoms with Gasteiger partial charge in [0.15, 0.2) is 0 Å². The molecule has 1 N–H and O–H groups in total. The fraction of sp³-hybridized carbons (Fsp3) is 0.550. The number of halogens is 1. The number of benzene rings is 1. The summed E-state index contributed by atoms with van der Waals surface area (Å²) in [6.45, 7) is 3.44. The van der Waals surface area contributed by atoms with Gasteiger partial charge in [0.05, 0.1) is 5.52 Å². The fourth-order valence-electron chi connectivity index (χ4n) is 4.57. The maximum absolute atomic E-state index is 13.5. The predicted molar refractivity (Wildman–Crippen MR) is 96.8 cm³/mol. The third kappa shape index (κ3) is 3.56. The van der Waals surface area contributed by atoms with E-state index < -0.39 is 0 Å². The Kier molecular flexibility index (Phi) is 4.75. The van der Waals surface area contributed by atoms with Crippen molar-refractivity contribution in [3.8, 4) is 0 Å². The molecule has 0 aliphatic carbocycles. The largest absolute Gasteiger partial charge is 0.354 e. The second-order valence-corrected chi connectivity index (χ2v) is 7.45. The van der Waals surface area contributed by atoms with Crippen molar-refractivity contribution in [2.75, 3.05) is 19.6 Å². The van der Waals surface area contributed by atoms with Crippen LogP contribution in [0.2, 0.25) is 0 Å². The highest BCUT2D eigenvalue weighted by Crippen LogP contribution is 2.30. The van der Waals surface area contributed by atoms with E-state index in [-0.39, 0.29) is 18.3 Å². The maximum Gasteiger partial charge on any atom is 0.239 e. The van der Waals surface area contributed by atoms with Crippen LogP contribution in [0.1, 0.15) is 32.1 Å². The monoisotopic (exact) mass is 343 g/mol. The van der Waals surface area contributed by atoms with Crippen molar-refractivity contribution in [1.29, 1.82) is 0 Å². The average Bonchev–Trinajstić information content (AvgIpc) is 3.02. The number of rotatable bonds is 4. The Morgan fingerprint density at radius 1 is 1.16 bits per heavy atom. The zero-order valence-corrected chi connectivity index (χ0v) is 14.6. The van der Waals surface area contributed by atoms with Crippen LogP contribution in [0.5, 0.6) is 0 Å². The minimum absolute atomic E-state index is 0.00898. The van der Waals surface area contributed by atoms with Gasteiger partial charge in [0.2, 0.25) is 5.91 Å². The molecule has 4 rings (SSSR count). The summed E-state index contributed by atoms with van der Waals surface area (Å²) in [5.41, 5.74) is 0.770. The van der Waals surface area contributed by atoms with Crippen LogP contribution in [0, 0.1) is 11.7 Å². The van der Waals surface area contributed by atoms with Crippen molar-refractivity contribution in [1.82, 2.24) is 14.8 Å². The molecule has 0 unspecified atom stereocenters. The molecule has 1 amide bonds. The van der Waals surface area contributed by atoms with Crippen molar-refractivity contribution in [2.45, 2.75) is 44.7 Å². The lowest BCUT2D eigenvalue weighted by Gasteiger charge is -2.44. The number of aromatic nitrogens is 1. The van der Waals surface area contributed by atoms with E-state index in [2.05, 4.69) is 10.2 Å². The van der Waals surface area contributed by atoms with Crippen molar-refractivity contribution < 1.29 is 9.18 Å². The summed E-state index contributed by atoms with van der Waals surface area (Å²) in [5.74, 6) is 0.305. The summed E-state index contributed by atoms with van der Waals surface area (Å²) in [6.07, 6.45) is 8.19. The lowest BCUT2D eigenvalue weighted by atomic mass is 9.83. The molecule has 134 valence electrons. The first kappa shape index (κ1) is 16.6. The molecule has 0 saturated carbocycles. The van der Waals surface area contributed by atoms with E-state index in [1.807, 2.05) is 16.8 Å². The van der Waals surface area contributed by atoms with Crippen molar-refractivity contribution in [2.24, 2.45) is 5.92 Å². The Labute approximate surface area is 148 Å². The third-order valence-corrected chi connectivity index (χ3v) is 5.84. The first-order valence-electron chi connectivity index (χ1n) is 9.46. The molecule has 25 heavy (non-hydrogen) atoms. The van der Waals surface area contributed by atoms with Gasteiger partial charge in [-0.25, -0.2) is 4.39 Å². The molecule has 1 aromatic heterocycles. The quantitative estimate of drug-likeness (QED) is 0.926. The summed E-state index contributed by atoms with van der Waals surface area (Å²) in [6, 6.07) is 7.25. The number of nitrogens with zero attached hydrogens (tertiary/aromatic N) is 2. The summed E-state index contributed by atoms with van der Waals surface area (Å²) >= 11 is 0. The van der Waals surface area contributed by atoms with Crippen LogP contribution in [0.25, 0.3) is 10.9 Å². The van der Waals surface area contributed by atoms with Crippen molar-refractivity contribution in [3.05, 3.63) is 36.3 Å². The van der Waals surface area contributed by atoms with Crippen LogP contribution in [-0.4, -0.2) is 41.1 Å². The van der Waals surface area contributed by atoms with Crippen LogP contribution in [0.15, 0.2) is 30.5 Å². The zero-order chi connectivity index (χ0) is 17.2. The highest BCUT2D eigenvalue weighted by atomic mass is 19.1. The third-order valence-electron chi connectivity index (χ3n) is 5.84. The standard InChI is InChI=1S/C20H26FN3O/c21-17-7-6-15-8-11-24(19(15)12-17)14-20(25)22-13-16-4-3-10-23-9-2-1-5-18(16)23/h6-8,11-12,16,18H,1-5,9-10,13-14H2,(H,22,25)/t16-,18+/m0/s1. The molecule has 2 saturated heterocycles. The zero-order valence-electron chi connectivity index (χ0n) is 14.6. The van der Waals surface area contributed by atoms with E-state index in [0.29, 0.717) is 12.0 Å². The molecule has 2 aliphatic heterocycles. The Bertz CT molecular complexity index is 754. The van der Waals surface area contributed by atoms with Crippen molar-refractivity contribution in [3.63, 3.8) is 0 Å². The minimum atomic E-state index is -0.271. The van der Waals surface area contributed by atoms with E-state index >= 15 is 0 Å². The lowest BCUT2D eigenvalue weighted by molar-refractivity contribution is -0.122. The van der Waals surface area contributed by atoms with Gasteiger partial charge in [0.1, 0.15) is 12.4 Å². The molecule has 3 heterocycles. The van der Waals surface area contributed by atoms with Gasteiger partial charge >= 0.3 is 0 Å². The van der Waals surface area contributed by atoms with E-state index in [1.54, 1.807) is 6.07 Å². The molecular weight excluding hydrogens is 317 g/mol. The Morgan fingerprint density at radius 2 is 2.04 bits per heavy atom. The van der Waals surface area contributed by atoms with Gasteiger partial charge in [-0.3, -0.25) is 4.79 Å². The summed E-state index contributed by atoms with van der Waals surface area (Å²) < 4.78 is 15.3. The van der Waals surface area contributed by atoms with Crippen LogP contribution >= 0.6 is 0 Å². The maximum atomic E-state index is 13.5. The van der Waals surface area contributed by atoms with Gasteiger partial charge in [0, 0.05) is 18.8 Å². The van der Waals surface area contributed by atoms with Gasteiger partial charge in [-0.1, -0.05) is 6.42 Å². The first-order chi connectivity index (χ1) is 12.2. The lowest BCUT2D eigenvalue weighted by Crippen LogP contribution is -2.51. The van der Waals surface area contributed by atoms with Crippen LogP contribution in [-0.2, 0) is 11.3 Å². The summed E-state index contributed by atoms with van der Waals surface area (Å²) in [5, 5.41) is 4.08. The molecule has 4 nitrogen and oxygen atoms in total. The Morgan fingerprint density at radius 3 is 2.96 bits per heavy atom. The number of fused-ring (bicyclic) bond motifs is 2. The topological polar surface area (TPSA) is 37.3 Å². The number of nitrogens with one attached hydrogen (secondary N) is 1. The Balaban J connectivity index is 1.36. The molecule has 0 bridgehead atoms. The van der Waals surface area contributed by atoms with Crippen LogP contribution in [0.3, 0.4) is 0 Å². The Hall–Kier alpha value is -1.88.